The van der Waals surface area contributed by atoms with E-state index in [2.05, 4.69) is 4.98 Å². The number of piperidine rings is 1. The summed E-state index contributed by atoms with van der Waals surface area (Å²) >= 11 is 13.6. The summed E-state index contributed by atoms with van der Waals surface area (Å²) in [7, 11) is 0. The molecular weight excluding hydrogens is 343 g/mol. The molecule has 22 heavy (non-hydrogen) atoms. The Kier molecular flexibility index (Phi) is 5.86. The molecular formula is C15H20Cl2N2O2S. The lowest BCUT2D eigenvalue weighted by molar-refractivity contribution is 0.0219. The molecule has 1 aromatic heterocycles. The minimum atomic E-state index is -0.451. The van der Waals surface area contributed by atoms with E-state index in [0.717, 1.165) is 17.7 Å². The van der Waals surface area contributed by atoms with Gasteiger partial charge < -0.3 is 9.64 Å². The number of aromatic nitrogens is 1. The van der Waals surface area contributed by atoms with Crippen molar-refractivity contribution in [1.82, 2.24) is 9.88 Å². The maximum atomic E-state index is 12.0. The lowest BCUT2D eigenvalue weighted by atomic mass is 10.1. The van der Waals surface area contributed by atoms with Crippen LogP contribution in [0.2, 0.25) is 10.3 Å². The fraction of sp³-hybridized carbons (Fsp3) is 0.600. The normalized spacial score (nSPS) is 16.7. The zero-order valence-electron chi connectivity index (χ0n) is 12.9. The van der Waals surface area contributed by atoms with Crippen LogP contribution >= 0.6 is 35.0 Å². The maximum Gasteiger partial charge on any atom is 0.410 e. The third-order valence-corrected chi connectivity index (χ3v) is 4.83. The van der Waals surface area contributed by atoms with Crippen molar-refractivity contribution in [2.24, 2.45) is 0 Å². The van der Waals surface area contributed by atoms with Gasteiger partial charge in [-0.3, -0.25) is 0 Å². The third kappa shape index (κ3) is 5.52. The molecule has 0 aliphatic carbocycles. The summed E-state index contributed by atoms with van der Waals surface area (Å²) in [6, 6.07) is 3.64. The summed E-state index contributed by atoms with van der Waals surface area (Å²) in [6.45, 7) is 7.05. The summed E-state index contributed by atoms with van der Waals surface area (Å²) in [5, 5.41) is 1.25. The number of hydrogen-bond acceptors (Lipinski definition) is 4. The van der Waals surface area contributed by atoms with Gasteiger partial charge in [-0.15, -0.1) is 11.8 Å². The van der Waals surface area contributed by atoms with E-state index < -0.39 is 5.60 Å². The number of likely N-dealkylation sites (tertiary alicyclic amines) is 1. The van der Waals surface area contributed by atoms with Crippen molar-refractivity contribution in [3.63, 3.8) is 0 Å². The van der Waals surface area contributed by atoms with Crippen LogP contribution in [0.15, 0.2) is 17.0 Å². The molecule has 0 radical (unpaired) electrons. The van der Waals surface area contributed by atoms with Gasteiger partial charge in [-0.05, 0) is 45.7 Å². The Morgan fingerprint density at radius 1 is 1.27 bits per heavy atom. The van der Waals surface area contributed by atoms with Crippen LogP contribution in [-0.4, -0.2) is 39.9 Å². The molecule has 1 fully saturated rings. The molecule has 0 saturated carbocycles. The van der Waals surface area contributed by atoms with E-state index in [0.29, 0.717) is 28.6 Å². The predicted molar refractivity (Wildman–Crippen MR) is 90.9 cm³/mol. The molecule has 0 aromatic carbocycles. The second-order valence-corrected chi connectivity index (χ2v) is 8.38. The van der Waals surface area contributed by atoms with E-state index in [1.54, 1.807) is 16.7 Å². The number of thioether (sulfide) groups is 1. The molecule has 0 N–H and O–H groups in total. The standard InChI is InChI=1S/C15H20Cl2N2O2S/c1-15(2,3)21-14(20)19-6-4-10(5-7-19)22-11-8-12(16)18-13(17)9-11/h8-10H,4-7H2,1-3H3. The SMILES string of the molecule is CC(C)(C)OC(=O)N1CCC(Sc2cc(Cl)nc(Cl)c2)CC1. The Labute approximate surface area is 145 Å². The molecule has 122 valence electrons. The van der Waals surface area contributed by atoms with Gasteiger partial charge in [0.15, 0.2) is 0 Å². The monoisotopic (exact) mass is 362 g/mol. The molecule has 2 heterocycles. The Morgan fingerprint density at radius 3 is 2.32 bits per heavy atom. The van der Waals surface area contributed by atoms with Crippen molar-refractivity contribution < 1.29 is 9.53 Å². The fourth-order valence-corrected chi connectivity index (χ4v) is 3.97. The van der Waals surface area contributed by atoms with Crippen LogP contribution in [-0.2, 0) is 4.74 Å². The van der Waals surface area contributed by atoms with Crippen LogP contribution in [0.3, 0.4) is 0 Å². The van der Waals surface area contributed by atoms with Crippen molar-refractivity contribution in [3.8, 4) is 0 Å². The topological polar surface area (TPSA) is 42.4 Å². The quantitative estimate of drug-likeness (QED) is 0.703. The molecule has 4 nitrogen and oxygen atoms in total. The van der Waals surface area contributed by atoms with Gasteiger partial charge in [0.1, 0.15) is 15.9 Å². The van der Waals surface area contributed by atoms with E-state index in [1.165, 1.54) is 0 Å². The first-order valence-corrected chi connectivity index (χ1v) is 8.84. The summed E-state index contributed by atoms with van der Waals surface area (Å²) in [6.07, 6.45) is 1.61. The molecule has 1 saturated heterocycles. The number of amides is 1. The number of halogens is 2. The van der Waals surface area contributed by atoms with Crippen LogP contribution in [0.4, 0.5) is 4.79 Å². The van der Waals surface area contributed by atoms with Gasteiger partial charge in [0.25, 0.3) is 0 Å². The van der Waals surface area contributed by atoms with Crippen LogP contribution in [0, 0.1) is 0 Å². The minimum absolute atomic E-state index is 0.231. The second-order valence-electron chi connectivity index (χ2n) is 6.23. The lowest BCUT2D eigenvalue weighted by Crippen LogP contribution is -2.42. The third-order valence-electron chi connectivity index (χ3n) is 3.13. The summed E-state index contributed by atoms with van der Waals surface area (Å²) < 4.78 is 5.40. The Morgan fingerprint density at radius 2 is 1.82 bits per heavy atom. The fourth-order valence-electron chi connectivity index (χ4n) is 2.19. The van der Waals surface area contributed by atoms with E-state index in [9.17, 15) is 4.79 Å². The molecule has 7 heteroatoms. The highest BCUT2D eigenvalue weighted by Crippen LogP contribution is 2.32. The van der Waals surface area contributed by atoms with Gasteiger partial charge in [0, 0.05) is 23.2 Å². The highest BCUT2D eigenvalue weighted by molar-refractivity contribution is 8.00. The van der Waals surface area contributed by atoms with Crippen molar-refractivity contribution in [2.45, 2.75) is 49.4 Å². The zero-order chi connectivity index (χ0) is 16.3. The largest absolute Gasteiger partial charge is 0.444 e. The summed E-state index contributed by atoms with van der Waals surface area (Å²) in [5.74, 6) is 0. The molecule has 1 amide bonds. The Hall–Kier alpha value is -0.650. The average Bonchev–Trinajstić information content (AvgIpc) is 2.36. The predicted octanol–water partition coefficient (Wildman–Crippen LogP) is 4.88. The van der Waals surface area contributed by atoms with E-state index in [4.69, 9.17) is 27.9 Å². The minimum Gasteiger partial charge on any atom is -0.444 e. The van der Waals surface area contributed by atoms with E-state index in [-0.39, 0.29) is 6.09 Å². The van der Waals surface area contributed by atoms with Gasteiger partial charge in [0.05, 0.1) is 0 Å². The van der Waals surface area contributed by atoms with Gasteiger partial charge in [-0.2, -0.15) is 0 Å². The average molecular weight is 363 g/mol. The number of carbonyl (C=O) groups is 1. The first kappa shape index (κ1) is 17.7. The molecule has 2 rings (SSSR count). The molecule has 1 aliphatic heterocycles. The van der Waals surface area contributed by atoms with Gasteiger partial charge in [-0.25, -0.2) is 9.78 Å². The number of carbonyl (C=O) groups excluding carboxylic acids is 1. The van der Waals surface area contributed by atoms with Crippen molar-refractivity contribution in [1.29, 1.82) is 0 Å². The molecule has 1 aromatic rings. The summed E-state index contributed by atoms with van der Waals surface area (Å²) in [5.41, 5.74) is -0.451. The Bertz CT molecular complexity index is 521. The van der Waals surface area contributed by atoms with Crippen molar-refractivity contribution >= 4 is 41.1 Å². The van der Waals surface area contributed by atoms with E-state index >= 15 is 0 Å². The van der Waals surface area contributed by atoms with E-state index in [1.807, 2.05) is 32.9 Å². The number of rotatable bonds is 2. The Balaban J connectivity index is 1.86. The highest BCUT2D eigenvalue weighted by Gasteiger charge is 2.27. The number of ether oxygens (including phenoxy) is 1. The lowest BCUT2D eigenvalue weighted by Gasteiger charge is -2.33. The second kappa shape index (κ2) is 7.28. The first-order chi connectivity index (χ1) is 10.2. The molecule has 0 atom stereocenters. The van der Waals surface area contributed by atoms with Gasteiger partial charge >= 0.3 is 6.09 Å². The number of pyridine rings is 1. The molecule has 1 aliphatic rings. The van der Waals surface area contributed by atoms with Crippen LogP contribution in [0.5, 0.6) is 0 Å². The molecule has 0 spiro atoms. The smallest absolute Gasteiger partial charge is 0.410 e. The van der Waals surface area contributed by atoms with Gasteiger partial charge in [-0.1, -0.05) is 23.2 Å². The molecule has 0 unspecified atom stereocenters. The maximum absolute atomic E-state index is 12.0. The van der Waals surface area contributed by atoms with Crippen molar-refractivity contribution in [3.05, 3.63) is 22.4 Å². The van der Waals surface area contributed by atoms with Crippen LogP contribution in [0.1, 0.15) is 33.6 Å². The highest BCUT2D eigenvalue weighted by atomic mass is 35.5. The number of hydrogen-bond donors (Lipinski definition) is 0. The zero-order valence-corrected chi connectivity index (χ0v) is 15.3. The molecule has 0 bridgehead atoms. The van der Waals surface area contributed by atoms with Crippen LogP contribution < -0.4 is 0 Å². The first-order valence-electron chi connectivity index (χ1n) is 7.20. The van der Waals surface area contributed by atoms with Crippen LogP contribution in [0.25, 0.3) is 0 Å². The van der Waals surface area contributed by atoms with Gasteiger partial charge in [0.2, 0.25) is 0 Å². The number of nitrogens with zero attached hydrogens (tertiary/aromatic N) is 2. The summed E-state index contributed by atoms with van der Waals surface area (Å²) in [4.78, 5) is 18.8. The van der Waals surface area contributed by atoms with Crippen molar-refractivity contribution in [2.75, 3.05) is 13.1 Å².